The number of hydrogen-bond donors (Lipinski definition) is 1. The molecule has 24 heavy (non-hydrogen) atoms. The Morgan fingerprint density at radius 2 is 2.17 bits per heavy atom. The van der Waals surface area contributed by atoms with Crippen LogP contribution in [-0.4, -0.2) is 20.4 Å². The lowest BCUT2D eigenvalue weighted by Crippen LogP contribution is -2.08. The first-order chi connectivity index (χ1) is 11.5. The lowest BCUT2D eigenvalue weighted by molar-refractivity contribution is 0.471. The molecule has 0 saturated carbocycles. The number of halogens is 1. The SMILES string of the molecule is [C-]#[N+]c1nc(C(C#N)=Nc2cc(C)c(O)c(Cl)c2)n(CC)c1[N+]#[C-]. The summed E-state index contributed by atoms with van der Waals surface area (Å²) in [7, 11) is 0. The van der Waals surface area contributed by atoms with Gasteiger partial charge < -0.3 is 14.8 Å². The molecule has 0 aliphatic rings. The van der Waals surface area contributed by atoms with E-state index in [9.17, 15) is 10.4 Å². The van der Waals surface area contributed by atoms with E-state index in [0.717, 1.165) is 0 Å². The van der Waals surface area contributed by atoms with Gasteiger partial charge in [-0.05, 0) is 31.5 Å². The van der Waals surface area contributed by atoms with Gasteiger partial charge in [0.25, 0.3) is 11.6 Å². The number of rotatable bonds is 3. The van der Waals surface area contributed by atoms with Crippen LogP contribution in [0.3, 0.4) is 0 Å². The van der Waals surface area contributed by atoms with Crippen LogP contribution in [0.1, 0.15) is 18.3 Å². The number of hydrogen-bond acceptors (Lipinski definition) is 4. The zero-order valence-corrected chi connectivity index (χ0v) is 13.6. The molecular formula is C16H11ClN6O. The van der Waals surface area contributed by atoms with Crippen molar-refractivity contribution in [2.75, 3.05) is 0 Å². The van der Waals surface area contributed by atoms with Crippen LogP contribution in [0.25, 0.3) is 9.69 Å². The van der Waals surface area contributed by atoms with Crippen LogP contribution in [0, 0.1) is 31.4 Å². The fourth-order valence-corrected chi connectivity index (χ4v) is 2.40. The van der Waals surface area contributed by atoms with E-state index in [1.807, 2.05) is 6.07 Å². The number of phenolic OH excluding ortho intramolecular Hbond substituents is 1. The van der Waals surface area contributed by atoms with Crippen LogP contribution in [0.5, 0.6) is 5.75 Å². The van der Waals surface area contributed by atoms with Crippen LogP contribution >= 0.6 is 11.6 Å². The van der Waals surface area contributed by atoms with Gasteiger partial charge in [0.05, 0.1) is 17.3 Å². The molecule has 1 N–H and O–H groups in total. The molecule has 1 aromatic carbocycles. The van der Waals surface area contributed by atoms with E-state index in [4.69, 9.17) is 24.7 Å². The summed E-state index contributed by atoms with van der Waals surface area (Å²) in [6, 6.07) is 4.93. The molecule has 7 nitrogen and oxygen atoms in total. The molecule has 2 aromatic rings. The number of nitrogens with zero attached hydrogens (tertiary/aromatic N) is 6. The van der Waals surface area contributed by atoms with Crippen molar-refractivity contribution >= 4 is 34.6 Å². The van der Waals surface area contributed by atoms with Crippen molar-refractivity contribution in [2.24, 2.45) is 4.99 Å². The van der Waals surface area contributed by atoms with Gasteiger partial charge in [-0.15, -0.1) is 0 Å². The average molecular weight is 339 g/mol. The fraction of sp³-hybridized carbons (Fsp3) is 0.188. The Morgan fingerprint density at radius 1 is 1.46 bits per heavy atom. The Kier molecular flexibility index (Phi) is 4.84. The second kappa shape index (κ2) is 6.83. The summed E-state index contributed by atoms with van der Waals surface area (Å²) in [4.78, 5) is 14.8. The molecule has 2 rings (SSSR count). The molecule has 0 radical (unpaired) electrons. The van der Waals surface area contributed by atoms with E-state index in [-0.39, 0.29) is 33.9 Å². The summed E-state index contributed by atoms with van der Waals surface area (Å²) in [5, 5.41) is 19.2. The highest BCUT2D eigenvalue weighted by atomic mass is 35.5. The van der Waals surface area contributed by atoms with Crippen LogP contribution in [-0.2, 0) is 6.54 Å². The molecule has 0 fully saturated rings. The molecule has 0 aliphatic carbocycles. The van der Waals surface area contributed by atoms with Gasteiger partial charge in [-0.1, -0.05) is 29.7 Å². The minimum absolute atomic E-state index is 0.0437. The van der Waals surface area contributed by atoms with Crippen LogP contribution in [0.15, 0.2) is 17.1 Å². The van der Waals surface area contributed by atoms with Crippen LogP contribution in [0.4, 0.5) is 17.3 Å². The number of aromatic nitrogens is 2. The van der Waals surface area contributed by atoms with Gasteiger partial charge in [0.15, 0.2) is 0 Å². The van der Waals surface area contributed by atoms with Crippen LogP contribution in [0.2, 0.25) is 5.02 Å². The van der Waals surface area contributed by atoms with Gasteiger partial charge in [-0.2, -0.15) is 5.26 Å². The third-order valence-electron chi connectivity index (χ3n) is 3.25. The summed E-state index contributed by atoms with van der Waals surface area (Å²) >= 11 is 5.92. The number of imidazole rings is 1. The standard InChI is InChI=1S/C16H11ClN6O/c1-5-23-15(22-14(19-3)16(23)20-4)12(8-18)21-10-6-9(2)13(24)11(17)7-10/h6-7,24H,5H2,1-2H3. The minimum atomic E-state index is -0.0651. The molecule has 118 valence electrons. The predicted octanol–water partition coefficient (Wildman–Crippen LogP) is 4.32. The third-order valence-corrected chi connectivity index (χ3v) is 3.54. The summed E-state index contributed by atoms with van der Waals surface area (Å²) in [6.07, 6.45) is 0. The van der Waals surface area contributed by atoms with E-state index in [2.05, 4.69) is 19.7 Å². The Balaban J connectivity index is 2.67. The topological polar surface area (TPSA) is 82.9 Å². The summed E-state index contributed by atoms with van der Waals surface area (Å²) < 4.78 is 1.47. The highest BCUT2D eigenvalue weighted by Gasteiger charge is 2.26. The monoisotopic (exact) mass is 338 g/mol. The number of benzene rings is 1. The zero-order chi connectivity index (χ0) is 17.9. The molecule has 0 saturated heterocycles. The van der Waals surface area contributed by atoms with E-state index in [1.54, 1.807) is 19.9 Å². The smallest absolute Gasteiger partial charge is 0.332 e. The number of aryl methyl sites for hydroxylation is 1. The second-order valence-corrected chi connectivity index (χ2v) is 5.12. The van der Waals surface area contributed by atoms with E-state index in [0.29, 0.717) is 17.8 Å². The van der Waals surface area contributed by atoms with Crippen molar-refractivity contribution < 1.29 is 5.11 Å². The lowest BCUT2D eigenvalue weighted by Gasteiger charge is -2.03. The maximum absolute atomic E-state index is 9.70. The van der Waals surface area contributed by atoms with Crippen LogP contribution < -0.4 is 0 Å². The van der Waals surface area contributed by atoms with E-state index < -0.39 is 0 Å². The first kappa shape index (κ1) is 17.0. The van der Waals surface area contributed by atoms with Gasteiger partial charge in [-0.25, -0.2) is 4.99 Å². The predicted molar refractivity (Wildman–Crippen MR) is 90.1 cm³/mol. The molecule has 0 bridgehead atoms. The molecule has 1 heterocycles. The van der Waals surface area contributed by atoms with Crippen molar-refractivity contribution in [1.82, 2.24) is 9.55 Å². The van der Waals surface area contributed by atoms with Gasteiger partial charge in [-0.3, -0.25) is 4.57 Å². The highest BCUT2D eigenvalue weighted by Crippen LogP contribution is 2.33. The largest absolute Gasteiger partial charge is 0.506 e. The number of nitriles is 1. The third kappa shape index (κ3) is 2.92. The van der Waals surface area contributed by atoms with Gasteiger partial charge in [0.2, 0.25) is 5.71 Å². The summed E-state index contributed by atoms with van der Waals surface area (Å²) in [5.74, 6) is 0.115. The molecular weight excluding hydrogens is 328 g/mol. The van der Waals surface area contributed by atoms with Crippen molar-refractivity contribution in [3.8, 4) is 11.8 Å². The zero-order valence-electron chi connectivity index (χ0n) is 12.9. The molecule has 0 spiro atoms. The van der Waals surface area contributed by atoms with E-state index in [1.165, 1.54) is 10.6 Å². The maximum Gasteiger partial charge on any atom is 0.332 e. The summed E-state index contributed by atoms with van der Waals surface area (Å²) in [5.41, 5.74) is 0.838. The molecule has 0 amide bonds. The molecule has 1 aromatic heterocycles. The van der Waals surface area contributed by atoms with Crippen molar-refractivity contribution in [2.45, 2.75) is 20.4 Å². The van der Waals surface area contributed by atoms with Gasteiger partial charge >= 0.3 is 5.82 Å². The molecule has 0 atom stereocenters. The molecule has 0 aliphatic heterocycles. The van der Waals surface area contributed by atoms with Crippen molar-refractivity contribution in [3.63, 3.8) is 0 Å². The fourth-order valence-electron chi connectivity index (χ4n) is 2.13. The Labute approximate surface area is 143 Å². The first-order valence-corrected chi connectivity index (χ1v) is 7.18. The minimum Gasteiger partial charge on any atom is -0.506 e. The van der Waals surface area contributed by atoms with Crippen molar-refractivity contribution in [1.29, 1.82) is 5.26 Å². The second-order valence-electron chi connectivity index (χ2n) is 4.72. The average Bonchev–Trinajstić information content (AvgIpc) is 2.94. The number of phenols is 1. The van der Waals surface area contributed by atoms with Gasteiger partial charge in [0, 0.05) is 0 Å². The first-order valence-electron chi connectivity index (χ1n) is 6.80. The molecule has 8 heteroatoms. The Bertz CT molecular complexity index is 945. The Morgan fingerprint density at radius 3 is 2.67 bits per heavy atom. The quantitative estimate of drug-likeness (QED) is 0.668. The molecule has 0 unspecified atom stereocenters. The van der Waals surface area contributed by atoms with E-state index >= 15 is 0 Å². The lowest BCUT2D eigenvalue weighted by atomic mass is 10.2. The highest BCUT2D eigenvalue weighted by molar-refractivity contribution is 6.32. The van der Waals surface area contributed by atoms with Gasteiger partial charge in [0.1, 0.15) is 11.8 Å². The van der Waals surface area contributed by atoms with Crippen molar-refractivity contribution in [3.05, 3.63) is 51.4 Å². The summed E-state index contributed by atoms with van der Waals surface area (Å²) in [6.45, 7) is 18.1. The maximum atomic E-state index is 9.70. The number of aromatic hydroxyl groups is 1. The normalized spacial score (nSPS) is 10.8. The number of aliphatic imine (C=N–C) groups is 1. The Hall–Kier alpha value is -3.34.